The van der Waals surface area contributed by atoms with Gasteiger partial charge in [-0.15, -0.1) is 0 Å². The number of ether oxygens (including phenoxy) is 1. The molecule has 1 heterocycles. The van der Waals surface area contributed by atoms with Crippen molar-refractivity contribution >= 4 is 27.5 Å². The van der Waals surface area contributed by atoms with Crippen LogP contribution >= 0.6 is 27.5 Å². The second-order valence-corrected chi connectivity index (χ2v) is 5.63. The second kappa shape index (κ2) is 6.74. The van der Waals surface area contributed by atoms with Crippen LogP contribution in [0.15, 0.2) is 22.7 Å². The third-order valence-electron chi connectivity index (χ3n) is 2.96. The summed E-state index contributed by atoms with van der Waals surface area (Å²) in [6.45, 7) is 2.70. The molecule has 0 amide bonds. The lowest BCUT2D eigenvalue weighted by atomic mass is 10.1. The Morgan fingerprint density at radius 1 is 1.41 bits per heavy atom. The predicted octanol–water partition coefficient (Wildman–Crippen LogP) is 3.76. The van der Waals surface area contributed by atoms with Crippen molar-refractivity contribution in [3.05, 3.63) is 33.3 Å². The normalized spacial score (nSPS) is 20.5. The van der Waals surface area contributed by atoms with Crippen LogP contribution in [0.4, 0.5) is 0 Å². The van der Waals surface area contributed by atoms with Gasteiger partial charge in [0.2, 0.25) is 0 Å². The van der Waals surface area contributed by atoms with Gasteiger partial charge < -0.3 is 10.1 Å². The van der Waals surface area contributed by atoms with E-state index in [-0.39, 0.29) is 0 Å². The lowest BCUT2D eigenvalue weighted by Crippen LogP contribution is -2.31. The van der Waals surface area contributed by atoms with E-state index in [4.69, 9.17) is 16.3 Å². The lowest BCUT2D eigenvalue weighted by molar-refractivity contribution is 0.0168. The molecule has 0 aromatic heterocycles. The molecule has 1 unspecified atom stereocenters. The van der Waals surface area contributed by atoms with Gasteiger partial charge in [0, 0.05) is 24.2 Å². The number of benzene rings is 1. The molecular formula is C13H17BrClNO. The molecule has 2 rings (SSSR count). The van der Waals surface area contributed by atoms with Crippen molar-refractivity contribution in [2.24, 2.45) is 0 Å². The Hall–Kier alpha value is -0.0900. The molecule has 0 saturated carbocycles. The highest BCUT2D eigenvalue weighted by molar-refractivity contribution is 9.10. The van der Waals surface area contributed by atoms with Crippen molar-refractivity contribution in [2.75, 3.05) is 13.2 Å². The van der Waals surface area contributed by atoms with Gasteiger partial charge in [-0.05, 0) is 52.9 Å². The van der Waals surface area contributed by atoms with Gasteiger partial charge in [-0.3, -0.25) is 0 Å². The Morgan fingerprint density at radius 2 is 2.29 bits per heavy atom. The minimum atomic E-state index is 0.388. The summed E-state index contributed by atoms with van der Waals surface area (Å²) in [6.07, 6.45) is 4.07. The molecule has 94 valence electrons. The van der Waals surface area contributed by atoms with Gasteiger partial charge in [-0.2, -0.15) is 0 Å². The minimum Gasteiger partial charge on any atom is -0.377 e. The fraction of sp³-hybridized carbons (Fsp3) is 0.538. The third kappa shape index (κ3) is 4.25. The number of rotatable bonds is 4. The largest absolute Gasteiger partial charge is 0.377 e. The lowest BCUT2D eigenvalue weighted by Gasteiger charge is -2.22. The van der Waals surface area contributed by atoms with Crippen LogP contribution < -0.4 is 5.32 Å². The SMILES string of the molecule is Clc1ccc(CNCC2CCCCO2)cc1Br. The molecule has 1 saturated heterocycles. The summed E-state index contributed by atoms with van der Waals surface area (Å²) in [4.78, 5) is 0. The minimum absolute atomic E-state index is 0.388. The van der Waals surface area contributed by atoms with Crippen LogP contribution in [0.2, 0.25) is 5.02 Å². The molecule has 17 heavy (non-hydrogen) atoms. The highest BCUT2D eigenvalue weighted by atomic mass is 79.9. The van der Waals surface area contributed by atoms with Crippen molar-refractivity contribution in [1.29, 1.82) is 0 Å². The Kier molecular flexibility index (Phi) is 5.29. The first-order valence-electron chi connectivity index (χ1n) is 6.02. The van der Waals surface area contributed by atoms with E-state index in [9.17, 15) is 0 Å². The van der Waals surface area contributed by atoms with Crippen molar-refractivity contribution < 1.29 is 4.74 Å². The van der Waals surface area contributed by atoms with Crippen LogP contribution in [0.3, 0.4) is 0 Å². The van der Waals surface area contributed by atoms with Crippen LogP contribution in [0.25, 0.3) is 0 Å². The Labute approximate surface area is 116 Å². The third-order valence-corrected chi connectivity index (χ3v) is 4.17. The van der Waals surface area contributed by atoms with E-state index in [0.29, 0.717) is 6.10 Å². The standard InChI is InChI=1S/C13H17BrClNO/c14-12-7-10(4-5-13(12)15)8-16-9-11-3-1-2-6-17-11/h4-5,7,11,16H,1-3,6,8-9H2. The van der Waals surface area contributed by atoms with Gasteiger partial charge in [0.1, 0.15) is 0 Å². The molecule has 1 aliphatic rings. The average Bonchev–Trinajstić information content (AvgIpc) is 2.35. The predicted molar refractivity (Wildman–Crippen MR) is 74.4 cm³/mol. The van der Waals surface area contributed by atoms with Crippen LogP contribution in [-0.4, -0.2) is 19.3 Å². The van der Waals surface area contributed by atoms with Gasteiger partial charge in [0.05, 0.1) is 11.1 Å². The highest BCUT2D eigenvalue weighted by Crippen LogP contribution is 2.23. The number of nitrogens with one attached hydrogen (secondary N) is 1. The summed E-state index contributed by atoms with van der Waals surface area (Å²) in [7, 11) is 0. The van der Waals surface area contributed by atoms with E-state index < -0.39 is 0 Å². The molecule has 1 N–H and O–H groups in total. The Morgan fingerprint density at radius 3 is 3.00 bits per heavy atom. The highest BCUT2D eigenvalue weighted by Gasteiger charge is 2.12. The van der Waals surface area contributed by atoms with Crippen molar-refractivity contribution in [3.63, 3.8) is 0 Å². The summed E-state index contributed by atoms with van der Waals surface area (Å²) in [5.74, 6) is 0. The molecule has 0 aliphatic carbocycles. The van der Waals surface area contributed by atoms with Crippen LogP contribution in [-0.2, 0) is 11.3 Å². The Bertz CT molecular complexity index is 366. The first kappa shape index (κ1) is 13.3. The van der Waals surface area contributed by atoms with Gasteiger partial charge in [0.25, 0.3) is 0 Å². The molecule has 4 heteroatoms. The van der Waals surface area contributed by atoms with Crippen LogP contribution in [0, 0.1) is 0 Å². The number of halogens is 2. The van der Waals surface area contributed by atoms with Crippen molar-refractivity contribution in [2.45, 2.75) is 31.9 Å². The molecule has 0 spiro atoms. The zero-order valence-electron chi connectivity index (χ0n) is 9.72. The summed E-state index contributed by atoms with van der Waals surface area (Å²) in [6, 6.07) is 6.01. The zero-order chi connectivity index (χ0) is 12.1. The molecule has 1 atom stereocenters. The summed E-state index contributed by atoms with van der Waals surface area (Å²) >= 11 is 9.38. The maximum Gasteiger partial charge on any atom is 0.0699 e. The fourth-order valence-electron chi connectivity index (χ4n) is 2.00. The van der Waals surface area contributed by atoms with E-state index >= 15 is 0 Å². The van der Waals surface area contributed by atoms with Gasteiger partial charge >= 0.3 is 0 Å². The summed E-state index contributed by atoms with van der Waals surface area (Å²) < 4.78 is 6.62. The molecule has 1 aromatic rings. The van der Waals surface area contributed by atoms with Gasteiger partial charge in [-0.1, -0.05) is 17.7 Å². The molecule has 0 radical (unpaired) electrons. The van der Waals surface area contributed by atoms with E-state index in [0.717, 1.165) is 29.2 Å². The molecule has 2 nitrogen and oxygen atoms in total. The topological polar surface area (TPSA) is 21.3 Å². The fourth-order valence-corrected chi connectivity index (χ4v) is 2.54. The maximum atomic E-state index is 5.95. The zero-order valence-corrected chi connectivity index (χ0v) is 12.1. The first-order chi connectivity index (χ1) is 8.25. The van der Waals surface area contributed by atoms with Crippen LogP contribution in [0.1, 0.15) is 24.8 Å². The summed E-state index contributed by atoms with van der Waals surface area (Å²) in [5.41, 5.74) is 1.23. The average molecular weight is 319 g/mol. The number of hydrogen-bond donors (Lipinski definition) is 1. The smallest absolute Gasteiger partial charge is 0.0699 e. The first-order valence-corrected chi connectivity index (χ1v) is 7.19. The van der Waals surface area contributed by atoms with E-state index in [2.05, 4.69) is 27.3 Å². The van der Waals surface area contributed by atoms with Crippen molar-refractivity contribution in [3.8, 4) is 0 Å². The van der Waals surface area contributed by atoms with Gasteiger partial charge in [-0.25, -0.2) is 0 Å². The molecule has 0 bridgehead atoms. The molecular weight excluding hydrogens is 302 g/mol. The van der Waals surface area contributed by atoms with Gasteiger partial charge in [0.15, 0.2) is 0 Å². The molecule has 1 aliphatic heterocycles. The molecule has 1 fully saturated rings. The van der Waals surface area contributed by atoms with E-state index in [1.54, 1.807) is 0 Å². The summed E-state index contributed by atoms with van der Waals surface area (Å²) in [5, 5.41) is 4.18. The second-order valence-electron chi connectivity index (χ2n) is 4.37. The maximum absolute atomic E-state index is 5.95. The van der Waals surface area contributed by atoms with Crippen molar-refractivity contribution in [1.82, 2.24) is 5.32 Å². The monoisotopic (exact) mass is 317 g/mol. The van der Waals surface area contributed by atoms with E-state index in [1.165, 1.54) is 24.8 Å². The number of hydrogen-bond acceptors (Lipinski definition) is 2. The van der Waals surface area contributed by atoms with E-state index in [1.807, 2.05) is 12.1 Å². The quantitative estimate of drug-likeness (QED) is 0.912. The van der Waals surface area contributed by atoms with Crippen LogP contribution in [0.5, 0.6) is 0 Å². The Balaban J connectivity index is 1.75. The molecule has 1 aromatic carbocycles.